The highest BCUT2D eigenvalue weighted by Crippen LogP contribution is 2.24. The van der Waals surface area contributed by atoms with Gasteiger partial charge in [-0.05, 0) is 43.2 Å². The summed E-state index contributed by atoms with van der Waals surface area (Å²) in [6, 6.07) is 13.7. The molecular formula is C21H22N2O3. The van der Waals surface area contributed by atoms with Crippen molar-refractivity contribution in [1.29, 1.82) is 0 Å². The molecule has 26 heavy (non-hydrogen) atoms. The van der Waals surface area contributed by atoms with Crippen molar-refractivity contribution in [1.82, 2.24) is 9.88 Å². The number of hydrogen-bond donors (Lipinski definition) is 0. The van der Waals surface area contributed by atoms with Gasteiger partial charge in [0.25, 0.3) is 5.91 Å². The van der Waals surface area contributed by atoms with Crippen LogP contribution in [0.3, 0.4) is 0 Å². The largest absolute Gasteiger partial charge is 0.464 e. The van der Waals surface area contributed by atoms with Crippen molar-refractivity contribution in [2.24, 2.45) is 5.92 Å². The fourth-order valence-corrected chi connectivity index (χ4v) is 3.56. The number of nitrogens with zero attached hydrogens (tertiary/aromatic N) is 2. The van der Waals surface area contributed by atoms with Crippen LogP contribution < -0.4 is 0 Å². The molecule has 1 fully saturated rings. The van der Waals surface area contributed by atoms with E-state index in [9.17, 15) is 4.79 Å². The van der Waals surface area contributed by atoms with Crippen molar-refractivity contribution < 1.29 is 13.9 Å². The summed E-state index contributed by atoms with van der Waals surface area (Å²) in [6.45, 7) is 4.38. The van der Waals surface area contributed by atoms with E-state index in [1.54, 1.807) is 12.3 Å². The van der Waals surface area contributed by atoms with Crippen molar-refractivity contribution in [3.8, 4) is 0 Å². The summed E-state index contributed by atoms with van der Waals surface area (Å²) < 4.78 is 11.3. The molecule has 1 atom stereocenters. The standard InChI is InChI=1S/C21H22N2O3/c1-15-4-2-6-19(22-15)21(24)23-9-11-25-14-16(13-23)12-17-5-3-7-20-18(17)8-10-26-20/h2-8,10,16H,9,11-14H2,1H3/t16-/m0/s1. The monoisotopic (exact) mass is 350 g/mol. The molecule has 1 amide bonds. The Labute approximate surface area is 152 Å². The normalized spacial score (nSPS) is 18.0. The average molecular weight is 350 g/mol. The quantitative estimate of drug-likeness (QED) is 0.726. The molecule has 0 radical (unpaired) electrons. The first-order valence-corrected chi connectivity index (χ1v) is 8.96. The number of aromatic nitrogens is 1. The van der Waals surface area contributed by atoms with Gasteiger partial charge in [0.05, 0.1) is 19.5 Å². The van der Waals surface area contributed by atoms with Crippen LogP contribution in [0.5, 0.6) is 0 Å². The van der Waals surface area contributed by atoms with Gasteiger partial charge in [0, 0.05) is 30.1 Å². The minimum absolute atomic E-state index is 0.0225. The lowest BCUT2D eigenvalue weighted by atomic mass is 9.97. The molecule has 2 aromatic heterocycles. The minimum Gasteiger partial charge on any atom is -0.464 e. The van der Waals surface area contributed by atoms with Gasteiger partial charge in [-0.2, -0.15) is 0 Å². The van der Waals surface area contributed by atoms with E-state index in [-0.39, 0.29) is 11.8 Å². The van der Waals surface area contributed by atoms with Gasteiger partial charge in [0.15, 0.2) is 0 Å². The summed E-state index contributed by atoms with van der Waals surface area (Å²) in [7, 11) is 0. The van der Waals surface area contributed by atoms with Crippen LogP contribution >= 0.6 is 0 Å². The molecule has 1 aliphatic rings. The topological polar surface area (TPSA) is 55.6 Å². The Bertz CT molecular complexity index is 918. The molecule has 5 heteroatoms. The number of rotatable bonds is 3. The maximum Gasteiger partial charge on any atom is 0.272 e. The highest BCUT2D eigenvalue weighted by molar-refractivity contribution is 5.92. The highest BCUT2D eigenvalue weighted by atomic mass is 16.5. The second-order valence-electron chi connectivity index (χ2n) is 6.81. The Kier molecular flexibility index (Phi) is 4.71. The fraction of sp³-hybridized carbons (Fsp3) is 0.333. The molecule has 134 valence electrons. The number of amides is 1. The van der Waals surface area contributed by atoms with Gasteiger partial charge < -0.3 is 14.1 Å². The molecule has 0 N–H and O–H groups in total. The first kappa shape index (κ1) is 16.8. The molecule has 5 nitrogen and oxygen atoms in total. The minimum atomic E-state index is -0.0225. The Morgan fingerprint density at radius 2 is 2.12 bits per heavy atom. The molecule has 0 saturated carbocycles. The molecule has 0 aliphatic carbocycles. The number of pyridine rings is 1. The van der Waals surface area contributed by atoms with Crippen LogP contribution in [0.2, 0.25) is 0 Å². The molecule has 3 heterocycles. The highest BCUT2D eigenvalue weighted by Gasteiger charge is 2.25. The van der Waals surface area contributed by atoms with Crippen LogP contribution in [0.4, 0.5) is 0 Å². The number of carbonyl (C=O) groups excluding carboxylic acids is 1. The van der Waals surface area contributed by atoms with Gasteiger partial charge >= 0.3 is 0 Å². The van der Waals surface area contributed by atoms with Crippen molar-refractivity contribution in [3.63, 3.8) is 0 Å². The zero-order valence-corrected chi connectivity index (χ0v) is 14.9. The number of furan rings is 1. The number of carbonyl (C=O) groups is 1. The Hall–Kier alpha value is -2.66. The summed E-state index contributed by atoms with van der Waals surface area (Å²) >= 11 is 0. The Balaban J connectivity index is 1.52. The maximum absolute atomic E-state index is 12.9. The van der Waals surface area contributed by atoms with E-state index >= 15 is 0 Å². The Morgan fingerprint density at radius 3 is 3.00 bits per heavy atom. The van der Waals surface area contributed by atoms with Gasteiger partial charge in [-0.3, -0.25) is 4.79 Å². The smallest absolute Gasteiger partial charge is 0.272 e. The van der Waals surface area contributed by atoms with Crippen molar-refractivity contribution in [3.05, 3.63) is 65.7 Å². The molecule has 1 saturated heterocycles. The molecule has 3 aromatic rings. The van der Waals surface area contributed by atoms with Crippen molar-refractivity contribution in [2.75, 3.05) is 26.3 Å². The maximum atomic E-state index is 12.9. The predicted molar refractivity (Wildman–Crippen MR) is 99.1 cm³/mol. The summed E-state index contributed by atoms with van der Waals surface area (Å²) in [5, 5.41) is 1.13. The summed E-state index contributed by atoms with van der Waals surface area (Å²) in [6.07, 6.45) is 2.57. The molecular weight excluding hydrogens is 328 g/mol. The number of benzene rings is 1. The summed E-state index contributed by atoms with van der Waals surface area (Å²) in [5.41, 5.74) is 3.48. The number of ether oxygens (including phenoxy) is 1. The zero-order chi connectivity index (χ0) is 17.9. The van der Waals surface area contributed by atoms with E-state index in [1.165, 1.54) is 5.56 Å². The van der Waals surface area contributed by atoms with Crippen LogP contribution in [0.1, 0.15) is 21.7 Å². The lowest BCUT2D eigenvalue weighted by Gasteiger charge is -2.23. The van der Waals surface area contributed by atoms with E-state index < -0.39 is 0 Å². The molecule has 0 spiro atoms. The third kappa shape index (κ3) is 3.48. The summed E-state index contributed by atoms with van der Waals surface area (Å²) in [4.78, 5) is 19.1. The predicted octanol–water partition coefficient (Wildman–Crippen LogP) is 3.47. The van der Waals surface area contributed by atoms with E-state index in [0.29, 0.717) is 32.0 Å². The molecule has 0 unspecified atom stereocenters. The van der Waals surface area contributed by atoms with E-state index in [0.717, 1.165) is 23.1 Å². The van der Waals surface area contributed by atoms with Gasteiger partial charge in [-0.25, -0.2) is 4.98 Å². The van der Waals surface area contributed by atoms with E-state index in [1.807, 2.05) is 42.2 Å². The second kappa shape index (κ2) is 7.30. The molecule has 0 bridgehead atoms. The average Bonchev–Trinajstić information content (AvgIpc) is 3.01. The molecule has 4 rings (SSSR count). The third-order valence-corrected chi connectivity index (χ3v) is 4.83. The SMILES string of the molecule is Cc1cccc(C(=O)N2CCOC[C@@H](Cc3cccc4occc34)C2)n1. The first-order valence-electron chi connectivity index (χ1n) is 8.96. The van der Waals surface area contributed by atoms with Crippen LogP contribution in [0.15, 0.2) is 53.1 Å². The van der Waals surface area contributed by atoms with Gasteiger partial charge in [-0.15, -0.1) is 0 Å². The van der Waals surface area contributed by atoms with E-state index in [2.05, 4.69) is 11.1 Å². The number of aryl methyl sites for hydroxylation is 1. The van der Waals surface area contributed by atoms with Gasteiger partial charge in [0.1, 0.15) is 11.3 Å². The number of fused-ring (bicyclic) bond motifs is 1. The lowest BCUT2D eigenvalue weighted by molar-refractivity contribution is 0.0731. The van der Waals surface area contributed by atoms with Crippen LogP contribution in [-0.2, 0) is 11.2 Å². The van der Waals surface area contributed by atoms with Crippen LogP contribution in [-0.4, -0.2) is 42.1 Å². The van der Waals surface area contributed by atoms with Crippen LogP contribution in [0, 0.1) is 12.8 Å². The number of hydrogen-bond acceptors (Lipinski definition) is 4. The van der Waals surface area contributed by atoms with Crippen molar-refractivity contribution >= 4 is 16.9 Å². The zero-order valence-electron chi connectivity index (χ0n) is 14.9. The van der Waals surface area contributed by atoms with Crippen LogP contribution in [0.25, 0.3) is 11.0 Å². The summed E-state index contributed by atoms with van der Waals surface area (Å²) in [5.74, 6) is 0.220. The molecule has 1 aliphatic heterocycles. The van der Waals surface area contributed by atoms with E-state index in [4.69, 9.17) is 9.15 Å². The Morgan fingerprint density at radius 1 is 1.23 bits per heavy atom. The lowest BCUT2D eigenvalue weighted by Crippen LogP contribution is -2.37. The first-order chi connectivity index (χ1) is 12.7. The fourth-order valence-electron chi connectivity index (χ4n) is 3.56. The van der Waals surface area contributed by atoms with Crippen molar-refractivity contribution in [2.45, 2.75) is 13.3 Å². The third-order valence-electron chi connectivity index (χ3n) is 4.83. The molecule has 1 aromatic carbocycles. The second-order valence-corrected chi connectivity index (χ2v) is 6.81. The van der Waals surface area contributed by atoms with Gasteiger partial charge in [-0.1, -0.05) is 18.2 Å². The van der Waals surface area contributed by atoms with Gasteiger partial charge in [0.2, 0.25) is 0 Å².